The molecule has 1 aliphatic rings. The van der Waals surface area contributed by atoms with Gasteiger partial charge < -0.3 is 13.6 Å². The number of carbonyl (C=O) groups is 1. The van der Waals surface area contributed by atoms with Crippen LogP contribution in [0.15, 0.2) is 0 Å². The van der Waals surface area contributed by atoms with E-state index >= 15 is 0 Å². The normalized spacial score (nSPS) is 25.1. The minimum Gasteiger partial charge on any atom is -0.460 e. The lowest BCUT2D eigenvalue weighted by Gasteiger charge is -2.31. The van der Waals surface area contributed by atoms with Crippen molar-refractivity contribution in [2.45, 2.75) is 38.2 Å². The summed E-state index contributed by atoms with van der Waals surface area (Å²) in [7, 11) is -2.09. The van der Waals surface area contributed by atoms with Gasteiger partial charge in [0.15, 0.2) is 8.32 Å². The molecule has 6 heteroatoms. The van der Waals surface area contributed by atoms with Gasteiger partial charge in [-0.3, -0.25) is 0 Å². The summed E-state index contributed by atoms with van der Waals surface area (Å²) in [6, 6.07) is 0. The Morgan fingerprint density at radius 3 is 2.71 bits per heavy atom. The number of cyclic esters (lactones) is 2. The molecule has 0 aliphatic carbocycles. The van der Waals surface area contributed by atoms with Crippen LogP contribution in [0.25, 0.3) is 0 Å². The van der Waals surface area contributed by atoms with Crippen LogP contribution < -0.4 is 0 Å². The largest absolute Gasteiger partial charge is 0.508 e. The number of hydrogen-bond acceptors (Lipinski definition) is 4. The molecule has 0 spiro atoms. The first-order chi connectivity index (χ1) is 6.47. The van der Waals surface area contributed by atoms with Crippen LogP contribution in [0.4, 0.5) is 4.79 Å². The smallest absolute Gasteiger partial charge is 0.460 e. The summed E-state index contributed by atoms with van der Waals surface area (Å²) in [6.45, 7) is 8.92. The van der Waals surface area contributed by atoms with E-state index in [-0.39, 0.29) is 6.10 Å². The summed E-state index contributed by atoms with van der Waals surface area (Å²) in [5, 5.41) is 0. The predicted octanol–water partition coefficient (Wildman–Crippen LogP) is 1.27. The van der Waals surface area contributed by atoms with Gasteiger partial charge in [-0.15, -0.1) is 0 Å². The van der Waals surface area contributed by atoms with Gasteiger partial charge in [0.25, 0.3) is 0 Å². The first-order valence-electron chi connectivity index (χ1n) is 4.94. The Morgan fingerprint density at radius 2 is 2.29 bits per heavy atom. The summed E-state index contributed by atoms with van der Waals surface area (Å²) in [5.74, 6) is 0. The van der Waals surface area contributed by atoms with Crippen molar-refractivity contribution in [2.75, 3.05) is 6.61 Å². The topological polar surface area (TPSA) is 44.8 Å². The third-order valence-corrected chi connectivity index (χ3v) is 9.48. The van der Waals surface area contributed by atoms with Crippen molar-refractivity contribution in [2.24, 2.45) is 0 Å². The predicted molar refractivity (Wildman–Crippen MR) is 58.6 cm³/mol. The SMILES string of the molecule is C[SiH2]O[Si](C)(C)C(C)C1COC(=O)O1. The molecule has 1 saturated heterocycles. The second kappa shape index (κ2) is 4.46. The molecule has 0 radical (unpaired) electrons. The van der Waals surface area contributed by atoms with E-state index in [1.807, 2.05) is 0 Å². The quantitative estimate of drug-likeness (QED) is 0.543. The molecule has 0 aromatic heterocycles. The summed E-state index contributed by atoms with van der Waals surface area (Å²) in [5.41, 5.74) is 0.293. The molecule has 82 valence electrons. The highest BCUT2D eigenvalue weighted by Gasteiger charge is 2.40. The maximum atomic E-state index is 10.8. The van der Waals surface area contributed by atoms with Crippen molar-refractivity contribution >= 4 is 24.2 Å². The fourth-order valence-corrected chi connectivity index (χ4v) is 6.63. The Bertz CT molecular complexity index is 219. The van der Waals surface area contributed by atoms with E-state index in [1.165, 1.54) is 0 Å². The first kappa shape index (κ1) is 11.7. The summed E-state index contributed by atoms with van der Waals surface area (Å²) < 4.78 is 15.7. The van der Waals surface area contributed by atoms with Crippen LogP contribution in [0.2, 0.25) is 25.2 Å². The monoisotopic (exact) mass is 234 g/mol. The van der Waals surface area contributed by atoms with Crippen LogP contribution in [-0.4, -0.2) is 36.9 Å². The van der Waals surface area contributed by atoms with E-state index < -0.39 is 24.2 Å². The third kappa shape index (κ3) is 2.58. The molecule has 1 rings (SSSR count). The van der Waals surface area contributed by atoms with Crippen LogP contribution in [0.1, 0.15) is 6.92 Å². The molecular formula is C8H18O4Si2. The van der Waals surface area contributed by atoms with Gasteiger partial charge in [0.05, 0.1) is 0 Å². The minimum atomic E-state index is -1.70. The van der Waals surface area contributed by atoms with Crippen LogP contribution in [-0.2, 0) is 13.6 Å². The van der Waals surface area contributed by atoms with Crippen LogP contribution in [0, 0.1) is 0 Å². The van der Waals surface area contributed by atoms with Gasteiger partial charge in [0, 0.05) is 5.54 Å². The number of rotatable bonds is 4. The van der Waals surface area contributed by atoms with Crippen LogP contribution in [0.5, 0.6) is 0 Å². The van der Waals surface area contributed by atoms with Crippen molar-refractivity contribution in [3.8, 4) is 0 Å². The van der Waals surface area contributed by atoms with Crippen molar-refractivity contribution in [3.63, 3.8) is 0 Å². The van der Waals surface area contributed by atoms with Gasteiger partial charge in [-0.25, -0.2) is 4.79 Å². The highest BCUT2D eigenvalue weighted by Crippen LogP contribution is 2.30. The van der Waals surface area contributed by atoms with Gasteiger partial charge in [0.2, 0.25) is 0 Å². The van der Waals surface area contributed by atoms with E-state index in [2.05, 4.69) is 26.6 Å². The molecule has 0 aromatic carbocycles. The molecule has 14 heavy (non-hydrogen) atoms. The number of ether oxygens (including phenoxy) is 2. The van der Waals surface area contributed by atoms with Crippen molar-refractivity contribution in [1.29, 1.82) is 0 Å². The summed E-state index contributed by atoms with van der Waals surface area (Å²) in [6.07, 6.45) is -0.648. The molecule has 0 aromatic rings. The maximum Gasteiger partial charge on any atom is 0.508 e. The van der Waals surface area contributed by atoms with E-state index in [4.69, 9.17) is 13.6 Å². The second-order valence-corrected chi connectivity index (χ2v) is 9.89. The highest BCUT2D eigenvalue weighted by atomic mass is 28.4. The fourth-order valence-electron chi connectivity index (χ4n) is 1.54. The van der Waals surface area contributed by atoms with Gasteiger partial charge in [-0.1, -0.05) is 13.5 Å². The zero-order valence-electron chi connectivity index (χ0n) is 9.20. The molecule has 2 atom stereocenters. The van der Waals surface area contributed by atoms with Crippen LogP contribution in [0.3, 0.4) is 0 Å². The van der Waals surface area contributed by atoms with E-state index in [9.17, 15) is 4.79 Å². The van der Waals surface area contributed by atoms with Crippen LogP contribution >= 0.6 is 0 Å². The van der Waals surface area contributed by atoms with E-state index in [0.717, 1.165) is 0 Å². The Kier molecular flexibility index (Phi) is 3.74. The fraction of sp³-hybridized carbons (Fsp3) is 0.875. The molecule has 0 saturated carbocycles. The Hall–Kier alpha value is -0.336. The Morgan fingerprint density at radius 1 is 1.64 bits per heavy atom. The minimum absolute atomic E-state index is 0.107. The summed E-state index contributed by atoms with van der Waals surface area (Å²) >= 11 is 0. The molecular weight excluding hydrogens is 216 g/mol. The van der Waals surface area contributed by atoms with Gasteiger partial charge in [-0.2, -0.15) is 0 Å². The summed E-state index contributed by atoms with van der Waals surface area (Å²) in [4.78, 5) is 10.8. The molecule has 1 heterocycles. The Balaban J connectivity index is 2.55. The highest BCUT2D eigenvalue weighted by molar-refractivity contribution is 6.76. The van der Waals surface area contributed by atoms with E-state index in [0.29, 0.717) is 12.1 Å². The van der Waals surface area contributed by atoms with Crippen molar-refractivity contribution < 1.29 is 18.4 Å². The molecule has 0 bridgehead atoms. The molecule has 0 N–H and O–H groups in total. The lowest BCUT2D eigenvalue weighted by Crippen LogP contribution is -2.42. The molecule has 0 amide bonds. The third-order valence-electron chi connectivity index (χ3n) is 2.78. The molecule has 4 nitrogen and oxygen atoms in total. The van der Waals surface area contributed by atoms with Gasteiger partial charge in [-0.05, 0) is 13.1 Å². The van der Waals surface area contributed by atoms with Crippen molar-refractivity contribution in [3.05, 3.63) is 0 Å². The first-order valence-corrected chi connectivity index (χ1v) is 9.92. The molecule has 1 fully saturated rings. The van der Waals surface area contributed by atoms with E-state index in [1.54, 1.807) is 0 Å². The lowest BCUT2D eigenvalue weighted by molar-refractivity contribution is 0.116. The Labute approximate surface area is 88.0 Å². The average molecular weight is 234 g/mol. The lowest BCUT2D eigenvalue weighted by atomic mass is 10.3. The second-order valence-electron chi connectivity index (χ2n) is 4.04. The molecule has 1 aliphatic heterocycles. The average Bonchev–Trinajstić information content (AvgIpc) is 2.50. The number of carbonyl (C=O) groups excluding carboxylic acids is 1. The molecule has 2 unspecified atom stereocenters. The zero-order valence-corrected chi connectivity index (χ0v) is 11.6. The standard InChI is InChI=1S/C8H18O4Si2/c1-6(14(3,4)12-13-2)7-5-10-8(9)11-7/h6-7H,5,13H2,1-4H3. The zero-order chi connectivity index (χ0) is 10.8. The van der Waals surface area contributed by atoms with Gasteiger partial charge >= 0.3 is 6.16 Å². The number of hydrogen-bond donors (Lipinski definition) is 0. The maximum absolute atomic E-state index is 10.8. The van der Waals surface area contributed by atoms with Crippen molar-refractivity contribution in [1.82, 2.24) is 0 Å². The van der Waals surface area contributed by atoms with Gasteiger partial charge in [0.1, 0.15) is 22.5 Å².